The van der Waals surface area contributed by atoms with E-state index in [1.54, 1.807) is 7.05 Å². The molecule has 0 saturated carbocycles. The number of hydrogen-bond acceptors (Lipinski definition) is 5. The number of piperazine rings is 1. The highest BCUT2D eigenvalue weighted by molar-refractivity contribution is 5.65. The summed E-state index contributed by atoms with van der Waals surface area (Å²) in [6.45, 7) is 3.13. The van der Waals surface area contributed by atoms with Crippen molar-refractivity contribution in [2.45, 2.75) is 6.54 Å². The highest BCUT2D eigenvalue weighted by Gasteiger charge is 2.21. The smallest absolute Gasteiger partial charge is 0.407 e. The van der Waals surface area contributed by atoms with E-state index in [1.165, 1.54) is 9.70 Å². The molecule has 2 heterocycles. The van der Waals surface area contributed by atoms with Crippen LogP contribution in [0.5, 0.6) is 0 Å². The van der Waals surface area contributed by atoms with Gasteiger partial charge in [-0.1, -0.05) is 0 Å². The number of aromatic nitrogens is 4. The number of nitrogens with zero attached hydrogens (tertiary/aromatic N) is 6. The molecule has 0 bridgehead atoms. The van der Waals surface area contributed by atoms with Crippen molar-refractivity contribution >= 4 is 6.09 Å². The van der Waals surface area contributed by atoms with Crippen LogP contribution in [0.1, 0.15) is 5.82 Å². The Labute approximate surface area is 92.4 Å². The average molecular weight is 226 g/mol. The third-order valence-electron chi connectivity index (χ3n) is 2.56. The molecule has 1 aliphatic heterocycles. The molecule has 1 aromatic heterocycles. The molecule has 1 aromatic rings. The molecule has 1 aliphatic rings. The second-order valence-electron chi connectivity index (χ2n) is 3.74. The van der Waals surface area contributed by atoms with Crippen LogP contribution in [0.2, 0.25) is 0 Å². The molecule has 8 nitrogen and oxygen atoms in total. The van der Waals surface area contributed by atoms with E-state index >= 15 is 0 Å². The van der Waals surface area contributed by atoms with Crippen molar-refractivity contribution in [2.75, 3.05) is 26.2 Å². The highest BCUT2D eigenvalue weighted by Crippen LogP contribution is 2.04. The topological polar surface area (TPSA) is 87.4 Å². The first kappa shape index (κ1) is 10.8. The maximum Gasteiger partial charge on any atom is 0.407 e. The molecule has 1 fully saturated rings. The van der Waals surface area contributed by atoms with Gasteiger partial charge in [-0.3, -0.25) is 4.90 Å². The molecule has 16 heavy (non-hydrogen) atoms. The summed E-state index contributed by atoms with van der Waals surface area (Å²) >= 11 is 0. The summed E-state index contributed by atoms with van der Waals surface area (Å²) in [5, 5.41) is 20.5. The van der Waals surface area contributed by atoms with Crippen molar-refractivity contribution in [2.24, 2.45) is 7.05 Å². The summed E-state index contributed by atoms with van der Waals surface area (Å²) in [4.78, 5) is 15.7. The van der Waals surface area contributed by atoms with E-state index < -0.39 is 6.09 Å². The van der Waals surface area contributed by atoms with Crippen LogP contribution in [0.4, 0.5) is 4.79 Å². The molecule has 0 atom stereocenters. The van der Waals surface area contributed by atoms with Crippen LogP contribution < -0.4 is 0 Å². The lowest BCUT2D eigenvalue weighted by atomic mass is 10.3. The van der Waals surface area contributed by atoms with Crippen molar-refractivity contribution in [1.29, 1.82) is 0 Å². The summed E-state index contributed by atoms with van der Waals surface area (Å²) in [5.41, 5.74) is 0. The van der Waals surface area contributed by atoms with Gasteiger partial charge in [0.05, 0.1) is 13.6 Å². The number of tetrazole rings is 1. The Morgan fingerprint density at radius 3 is 2.56 bits per heavy atom. The standard InChI is InChI=1S/C8H14N6O2/c1-12-10-7(9-11-12)6-13-2-4-14(5-3-13)8(15)16/h2-6H2,1H3,(H,15,16). The Hall–Kier alpha value is -1.70. The van der Waals surface area contributed by atoms with Gasteiger partial charge in [0, 0.05) is 26.2 Å². The van der Waals surface area contributed by atoms with Crippen LogP contribution in [-0.2, 0) is 13.6 Å². The second-order valence-corrected chi connectivity index (χ2v) is 3.74. The monoisotopic (exact) mass is 226 g/mol. The zero-order valence-corrected chi connectivity index (χ0v) is 9.07. The van der Waals surface area contributed by atoms with Crippen LogP contribution in [-0.4, -0.2) is 67.4 Å². The molecular formula is C8H14N6O2. The molecule has 0 spiro atoms. The molecule has 1 amide bonds. The van der Waals surface area contributed by atoms with E-state index in [-0.39, 0.29) is 0 Å². The number of carbonyl (C=O) groups is 1. The lowest BCUT2D eigenvalue weighted by molar-refractivity contribution is 0.102. The Balaban J connectivity index is 1.83. The van der Waals surface area contributed by atoms with Crippen molar-refractivity contribution in [3.05, 3.63) is 5.82 Å². The normalized spacial score (nSPS) is 17.7. The van der Waals surface area contributed by atoms with Crippen LogP contribution >= 0.6 is 0 Å². The van der Waals surface area contributed by atoms with E-state index in [9.17, 15) is 4.79 Å². The molecule has 1 N–H and O–H groups in total. The SMILES string of the molecule is Cn1nnc(CN2CCN(C(=O)O)CC2)n1. The molecule has 88 valence electrons. The van der Waals surface area contributed by atoms with Crippen molar-refractivity contribution < 1.29 is 9.90 Å². The molecule has 2 rings (SSSR count). The van der Waals surface area contributed by atoms with E-state index in [0.717, 1.165) is 0 Å². The maximum atomic E-state index is 10.7. The van der Waals surface area contributed by atoms with Gasteiger partial charge in [-0.2, -0.15) is 4.80 Å². The van der Waals surface area contributed by atoms with Crippen molar-refractivity contribution in [3.8, 4) is 0 Å². The van der Waals surface area contributed by atoms with Gasteiger partial charge in [-0.05, 0) is 5.21 Å². The van der Waals surface area contributed by atoms with E-state index in [0.29, 0.717) is 38.5 Å². The summed E-state index contributed by atoms with van der Waals surface area (Å²) in [6, 6.07) is 0. The first-order chi connectivity index (χ1) is 7.65. The van der Waals surface area contributed by atoms with Gasteiger partial charge in [-0.15, -0.1) is 10.2 Å². The maximum absolute atomic E-state index is 10.7. The summed E-state index contributed by atoms with van der Waals surface area (Å²) in [5.74, 6) is 0.672. The van der Waals surface area contributed by atoms with Crippen LogP contribution in [0.3, 0.4) is 0 Å². The third kappa shape index (κ3) is 2.45. The number of aryl methyl sites for hydroxylation is 1. The predicted octanol–water partition coefficient (Wildman–Crippen LogP) is -0.994. The van der Waals surface area contributed by atoms with E-state index in [1.807, 2.05) is 0 Å². The Kier molecular flexibility index (Phi) is 3.00. The van der Waals surface area contributed by atoms with Crippen LogP contribution in [0.25, 0.3) is 0 Å². The minimum atomic E-state index is -0.850. The largest absolute Gasteiger partial charge is 0.465 e. The first-order valence-corrected chi connectivity index (χ1v) is 5.08. The Morgan fingerprint density at radius 1 is 1.38 bits per heavy atom. The van der Waals surface area contributed by atoms with Gasteiger partial charge >= 0.3 is 6.09 Å². The molecule has 8 heteroatoms. The lowest BCUT2D eigenvalue weighted by Gasteiger charge is -2.32. The van der Waals surface area contributed by atoms with Crippen LogP contribution in [0.15, 0.2) is 0 Å². The molecule has 0 aliphatic carbocycles. The van der Waals surface area contributed by atoms with Gasteiger partial charge in [0.2, 0.25) is 0 Å². The highest BCUT2D eigenvalue weighted by atomic mass is 16.4. The van der Waals surface area contributed by atoms with Crippen LogP contribution in [0, 0.1) is 0 Å². The Morgan fingerprint density at radius 2 is 2.06 bits per heavy atom. The van der Waals surface area contributed by atoms with Gasteiger partial charge in [0.25, 0.3) is 0 Å². The summed E-state index contributed by atoms with van der Waals surface area (Å²) < 4.78 is 0. The third-order valence-corrected chi connectivity index (χ3v) is 2.56. The number of hydrogen-bond donors (Lipinski definition) is 1. The molecule has 0 radical (unpaired) electrons. The molecule has 0 unspecified atom stereocenters. The summed E-state index contributed by atoms with van der Waals surface area (Å²) in [7, 11) is 1.72. The zero-order valence-electron chi connectivity index (χ0n) is 9.07. The van der Waals surface area contributed by atoms with Gasteiger partial charge < -0.3 is 10.0 Å². The molecular weight excluding hydrogens is 212 g/mol. The van der Waals surface area contributed by atoms with Gasteiger partial charge in [-0.25, -0.2) is 4.79 Å². The molecule has 1 saturated heterocycles. The van der Waals surface area contributed by atoms with E-state index in [4.69, 9.17) is 5.11 Å². The minimum Gasteiger partial charge on any atom is -0.465 e. The molecule has 0 aromatic carbocycles. The second kappa shape index (κ2) is 4.44. The van der Waals surface area contributed by atoms with Gasteiger partial charge in [0.15, 0.2) is 5.82 Å². The zero-order chi connectivity index (χ0) is 11.5. The predicted molar refractivity (Wildman–Crippen MR) is 53.7 cm³/mol. The quantitative estimate of drug-likeness (QED) is 0.696. The fourth-order valence-electron chi connectivity index (χ4n) is 1.68. The fraction of sp³-hybridized carbons (Fsp3) is 0.750. The lowest BCUT2D eigenvalue weighted by Crippen LogP contribution is -2.47. The van der Waals surface area contributed by atoms with Crippen molar-refractivity contribution in [3.63, 3.8) is 0 Å². The number of rotatable bonds is 2. The minimum absolute atomic E-state index is 0.537. The van der Waals surface area contributed by atoms with E-state index in [2.05, 4.69) is 20.3 Å². The number of carboxylic acid groups (broad SMARTS) is 1. The first-order valence-electron chi connectivity index (χ1n) is 5.08. The van der Waals surface area contributed by atoms with Crippen molar-refractivity contribution in [1.82, 2.24) is 30.0 Å². The summed E-state index contributed by atoms with van der Waals surface area (Å²) in [6.07, 6.45) is -0.850. The fourth-order valence-corrected chi connectivity index (χ4v) is 1.68. The number of amides is 1. The average Bonchev–Trinajstić information content (AvgIpc) is 2.65. The van der Waals surface area contributed by atoms with Gasteiger partial charge in [0.1, 0.15) is 0 Å². The Bertz CT molecular complexity index is 370.